The highest BCUT2D eigenvalue weighted by Crippen LogP contribution is 2.43. The summed E-state index contributed by atoms with van der Waals surface area (Å²) in [4.78, 5) is 27.7. The quantitative estimate of drug-likeness (QED) is 0.160. The molecule has 0 aliphatic heterocycles. The molecule has 2 unspecified atom stereocenters. The molecular formula is C36H41F3N4O4. The Balaban J connectivity index is 1.57. The van der Waals surface area contributed by atoms with E-state index in [9.17, 15) is 14.0 Å². The van der Waals surface area contributed by atoms with E-state index in [-0.39, 0.29) is 36.6 Å². The molecule has 0 saturated carbocycles. The summed E-state index contributed by atoms with van der Waals surface area (Å²) in [5, 5.41) is 6.59. The number of fused-ring (bicyclic) bond motifs is 1. The molecule has 47 heavy (non-hydrogen) atoms. The Kier molecular flexibility index (Phi) is 11.3. The van der Waals surface area contributed by atoms with Gasteiger partial charge in [-0.3, -0.25) is 9.89 Å². The summed E-state index contributed by atoms with van der Waals surface area (Å²) >= 11 is 0. The first-order chi connectivity index (χ1) is 22.3. The predicted octanol–water partition coefficient (Wildman–Crippen LogP) is 7.57. The van der Waals surface area contributed by atoms with E-state index in [2.05, 4.69) is 10.2 Å². The first kappa shape index (κ1) is 35.1. The summed E-state index contributed by atoms with van der Waals surface area (Å²) in [5.41, 5.74) is 1.13. The summed E-state index contributed by atoms with van der Waals surface area (Å²) in [6.45, 7) is 7.63. The van der Waals surface area contributed by atoms with Crippen molar-refractivity contribution in [2.45, 2.75) is 51.6 Å². The number of hydrogen-bond acceptors (Lipinski definition) is 5. The number of hydrogen-bond donors (Lipinski definition) is 1. The van der Waals surface area contributed by atoms with E-state index < -0.39 is 41.1 Å². The standard InChI is InChI=1S/C36H41F3N4O4/c1-7-26(33-28(37)10-8-11-29(33)38)32(24-15-18-30-27(22-24)34(39)41-40-30)23-13-16-25(17-14-23)46-21-20-43(35(45)47-36(2,3)4)19-9-12-31(44)42(5)6/h8-18,22,26,32H,7,19-21H2,1-6H3,(H,40,41)/b12-9+. The number of halogens is 3. The van der Waals surface area contributed by atoms with Gasteiger partial charge in [0.15, 0.2) is 0 Å². The van der Waals surface area contributed by atoms with Gasteiger partial charge in [0.25, 0.3) is 0 Å². The summed E-state index contributed by atoms with van der Waals surface area (Å²) in [6.07, 6.45) is 2.85. The van der Waals surface area contributed by atoms with Crippen LogP contribution >= 0.6 is 0 Å². The fourth-order valence-electron chi connectivity index (χ4n) is 5.38. The van der Waals surface area contributed by atoms with E-state index in [1.54, 1.807) is 71.3 Å². The van der Waals surface area contributed by atoms with Crippen LogP contribution in [0, 0.1) is 17.6 Å². The number of amides is 2. The van der Waals surface area contributed by atoms with Gasteiger partial charge in [0, 0.05) is 44.1 Å². The Morgan fingerprint density at radius 3 is 2.26 bits per heavy atom. The molecule has 8 nitrogen and oxygen atoms in total. The summed E-state index contributed by atoms with van der Waals surface area (Å²) in [6, 6.07) is 16.1. The number of nitrogens with one attached hydrogen (secondary N) is 1. The zero-order valence-electron chi connectivity index (χ0n) is 27.5. The monoisotopic (exact) mass is 650 g/mol. The molecule has 1 heterocycles. The SMILES string of the molecule is CCC(c1c(F)cccc1F)C(c1ccc(OCCN(C/C=C/C(=O)N(C)C)C(=O)OC(C)(C)C)cc1)c1ccc2n[nH]c(F)c2c1. The minimum absolute atomic E-state index is 0.0309. The zero-order chi connectivity index (χ0) is 34.3. The fraction of sp³-hybridized carbons (Fsp3) is 0.361. The van der Waals surface area contributed by atoms with Crippen LogP contribution in [0.15, 0.2) is 72.8 Å². The second kappa shape index (κ2) is 15.2. The molecule has 0 aliphatic rings. The molecule has 0 radical (unpaired) electrons. The molecule has 1 aromatic heterocycles. The normalized spacial score (nSPS) is 13.0. The molecule has 11 heteroatoms. The Morgan fingerprint density at radius 2 is 1.64 bits per heavy atom. The molecule has 1 N–H and O–H groups in total. The van der Waals surface area contributed by atoms with Crippen LogP contribution in [0.4, 0.5) is 18.0 Å². The van der Waals surface area contributed by atoms with E-state index in [4.69, 9.17) is 9.47 Å². The Bertz CT molecular complexity index is 1690. The number of carbonyl (C=O) groups is 2. The van der Waals surface area contributed by atoms with E-state index in [0.717, 1.165) is 5.56 Å². The molecule has 0 fully saturated rings. The maximum Gasteiger partial charge on any atom is 0.410 e. The number of aromatic nitrogens is 2. The van der Waals surface area contributed by atoms with E-state index >= 15 is 8.78 Å². The van der Waals surface area contributed by atoms with Gasteiger partial charge in [0.1, 0.15) is 29.6 Å². The van der Waals surface area contributed by atoms with Crippen molar-refractivity contribution in [3.63, 3.8) is 0 Å². The molecule has 0 aliphatic carbocycles. The molecule has 2 atom stereocenters. The van der Waals surface area contributed by atoms with Crippen molar-refractivity contribution in [3.05, 3.63) is 107 Å². The number of rotatable bonds is 12. The van der Waals surface area contributed by atoms with Gasteiger partial charge in [0.2, 0.25) is 11.9 Å². The Labute approximate surface area is 273 Å². The first-order valence-electron chi connectivity index (χ1n) is 15.4. The molecule has 0 bridgehead atoms. The Morgan fingerprint density at radius 1 is 0.979 bits per heavy atom. The van der Waals surface area contributed by atoms with Crippen LogP contribution in [0.3, 0.4) is 0 Å². The minimum atomic E-state index is -0.707. The van der Waals surface area contributed by atoms with E-state index in [1.165, 1.54) is 34.1 Å². The van der Waals surface area contributed by atoms with Crippen LogP contribution in [-0.4, -0.2) is 71.4 Å². The van der Waals surface area contributed by atoms with Crippen molar-refractivity contribution in [3.8, 4) is 5.75 Å². The van der Waals surface area contributed by atoms with Gasteiger partial charge in [-0.15, -0.1) is 0 Å². The zero-order valence-corrected chi connectivity index (χ0v) is 27.5. The molecule has 3 aromatic carbocycles. The van der Waals surface area contributed by atoms with Crippen molar-refractivity contribution < 1.29 is 32.2 Å². The van der Waals surface area contributed by atoms with Gasteiger partial charge >= 0.3 is 6.09 Å². The maximum absolute atomic E-state index is 15.1. The van der Waals surface area contributed by atoms with Crippen LogP contribution in [0.5, 0.6) is 5.75 Å². The number of nitrogens with zero attached hydrogens (tertiary/aromatic N) is 3. The second-order valence-electron chi connectivity index (χ2n) is 12.4. The lowest BCUT2D eigenvalue weighted by atomic mass is 9.75. The molecule has 0 saturated heterocycles. The molecular weight excluding hydrogens is 609 g/mol. The predicted molar refractivity (Wildman–Crippen MR) is 175 cm³/mol. The van der Waals surface area contributed by atoms with E-state index in [1.807, 2.05) is 19.1 Å². The smallest absolute Gasteiger partial charge is 0.410 e. The summed E-state index contributed by atoms with van der Waals surface area (Å²) < 4.78 is 56.2. The third-order valence-electron chi connectivity index (χ3n) is 7.65. The number of H-pyrrole nitrogens is 1. The molecule has 250 valence electrons. The van der Waals surface area contributed by atoms with Crippen molar-refractivity contribution in [2.75, 3.05) is 33.8 Å². The van der Waals surface area contributed by atoms with Gasteiger partial charge in [-0.1, -0.05) is 37.3 Å². The summed E-state index contributed by atoms with van der Waals surface area (Å²) in [5.74, 6) is -2.71. The van der Waals surface area contributed by atoms with Gasteiger partial charge in [-0.25, -0.2) is 13.6 Å². The topological polar surface area (TPSA) is 87.8 Å². The van der Waals surface area contributed by atoms with Crippen LogP contribution < -0.4 is 4.74 Å². The van der Waals surface area contributed by atoms with Crippen LogP contribution in [0.2, 0.25) is 0 Å². The number of benzene rings is 3. The Hall–Kier alpha value is -4.80. The van der Waals surface area contributed by atoms with Crippen LogP contribution in [0.1, 0.15) is 62.6 Å². The van der Waals surface area contributed by atoms with Gasteiger partial charge < -0.3 is 19.3 Å². The lowest BCUT2D eigenvalue weighted by Crippen LogP contribution is -2.39. The van der Waals surface area contributed by atoms with Crippen molar-refractivity contribution in [1.82, 2.24) is 20.0 Å². The van der Waals surface area contributed by atoms with Gasteiger partial charge in [-0.05, 0) is 74.7 Å². The fourth-order valence-corrected chi connectivity index (χ4v) is 5.38. The molecule has 2 amide bonds. The van der Waals surface area contributed by atoms with Gasteiger partial charge in [-0.2, -0.15) is 9.49 Å². The highest BCUT2D eigenvalue weighted by atomic mass is 19.1. The highest BCUT2D eigenvalue weighted by Gasteiger charge is 2.30. The number of carbonyl (C=O) groups excluding carboxylic acids is 2. The van der Waals surface area contributed by atoms with Crippen molar-refractivity contribution >= 4 is 22.9 Å². The van der Waals surface area contributed by atoms with Crippen molar-refractivity contribution in [1.29, 1.82) is 0 Å². The average molecular weight is 651 g/mol. The lowest BCUT2D eigenvalue weighted by Gasteiger charge is -2.29. The third-order valence-corrected chi connectivity index (χ3v) is 7.65. The maximum atomic E-state index is 15.1. The average Bonchev–Trinajstić information content (AvgIpc) is 3.38. The lowest BCUT2D eigenvalue weighted by molar-refractivity contribution is -0.123. The van der Waals surface area contributed by atoms with Crippen LogP contribution in [0.25, 0.3) is 10.9 Å². The van der Waals surface area contributed by atoms with Crippen molar-refractivity contribution in [2.24, 2.45) is 0 Å². The number of likely N-dealkylation sites (N-methyl/N-ethyl adjacent to an activating group) is 1. The third kappa shape index (κ3) is 8.93. The minimum Gasteiger partial charge on any atom is -0.492 e. The largest absolute Gasteiger partial charge is 0.492 e. The number of aromatic amines is 1. The summed E-state index contributed by atoms with van der Waals surface area (Å²) in [7, 11) is 3.27. The molecule has 0 spiro atoms. The van der Waals surface area contributed by atoms with E-state index in [0.29, 0.717) is 23.3 Å². The first-order valence-corrected chi connectivity index (χ1v) is 15.4. The highest BCUT2D eigenvalue weighted by molar-refractivity contribution is 5.87. The van der Waals surface area contributed by atoms with Crippen LogP contribution in [-0.2, 0) is 9.53 Å². The molecule has 4 aromatic rings. The van der Waals surface area contributed by atoms with Gasteiger partial charge in [0.05, 0.1) is 17.4 Å². The number of ether oxygens (including phenoxy) is 2. The molecule has 4 rings (SSSR count). The second-order valence-corrected chi connectivity index (χ2v) is 12.4.